The van der Waals surface area contributed by atoms with Crippen LogP contribution in [0.1, 0.15) is 18.1 Å². The number of benzene rings is 3. The molecule has 0 unspecified atom stereocenters. The van der Waals surface area contributed by atoms with Crippen molar-refractivity contribution in [1.82, 2.24) is 0 Å². The van der Waals surface area contributed by atoms with Gasteiger partial charge in [-0.15, -0.1) is 0 Å². The number of halogens is 1. The van der Waals surface area contributed by atoms with Crippen LogP contribution in [0.25, 0.3) is 11.8 Å². The SMILES string of the molecule is CCOc1ccc(/C=C2/C=C(c3ccc(Cl)cc3)N(c3ccc4c(c3)OCO4)C2=O)cc1. The molecule has 160 valence electrons. The highest BCUT2D eigenvalue weighted by atomic mass is 35.5. The van der Waals surface area contributed by atoms with Crippen LogP contribution >= 0.6 is 11.6 Å². The van der Waals surface area contributed by atoms with E-state index < -0.39 is 0 Å². The highest BCUT2D eigenvalue weighted by molar-refractivity contribution is 6.30. The van der Waals surface area contributed by atoms with E-state index >= 15 is 0 Å². The van der Waals surface area contributed by atoms with Crippen LogP contribution in [-0.4, -0.2) is 19.3 Å². The van der Waals surface area contributed by atoms with Crippen LogP contribution in [0.15, 0.2) is 78.4 Å². The number of ether oxygens (including phenoxy) is 3. The van der Waals surface area contributed by atoms with Gasteiger partial charge in [0.2, 0.25) is 6.79 Å². The lowest BCUT2D eigenvalue weighted by atomic mass is 10.1. The number of hydrogen-bond acceptors (Lipinski definition) is 4. The average Bonchev–Trinajstić information content (AvgIpc) is 3.40. The highest BCUT2D eigenvalue weighted by Gasteiger charge is 2.31. The molecule has 3 aromatic carbocycles. The third-order valence-electron chi connectivity index (χ3n) is 5.25. The van der Waals surface area contributed by atoms with E-state index in [1.807, 2.05) is 85.8 Å². The van der Waals surface area contributed by atoms with Crippen molar-refractivity contribution in [3.63, 3.8) is 0 Å². The Balaban J connectivity index is 1.55. The molecule has 0 radical (unpaired) electrons. The molecule has 0 aromatic heterocycles. The Morgan fingerprint density at radius 3 is 2.50 bits per heavy atom. The third kappa shape index (κ3) is 3.83. The van der Waals surface area contributed by atoms with Gasteiger partial charge < -0.3 is 14.2 Å². The number of anilines is 1. The van der Waals surface area contributed by atoms with E-state index in [0.717, 1.165) is 22.6 Å². The maximum absolute atomic E-state index is 13.5. The Kier molecular flexibility index (Phi) is 5.33. The smallest absolute Gasteiger partial charge is 0.262 e. The summed E-state index contributed by atoms with van der Waals surface area (Å²) in [5.74, 6) is 1.96. The van der Waals surface area contributed by atoms with Gasteiger partial charge in [-0.1, -0.05) is 35.9 Å². The van der Waals surface area contributed by atoms with Crippen molar-refractivity contribution in [1.29, 1.82) is 0 Å². The van der Waals surface area contributed by atoms with Crippen LogP contribution in [-0.2, 0) is 4.79 Å². The summed E-state index contributed by atoms with van der Waals surface area (Å²) in [7, 11) is 0. The van der Waals surface area contributed by atoms with Gasteiger partial charge in [-0.25, -0.2) is 0 Å². The van der Waals surface area contributed by atoms with Crippen LogP contribution in [0.5, 0.6) is 17.2 Å². The quantitative estimate of drug-likeness (QED) is 0.456. The summed E-state index contributed by atoms with van der Waals surface area (Å²) in [6.07, 6.45) is 3.77. The number of nitrogens with zero attached hydrogens (tertiary/aromatic N) is 1. The van der Waals surface area contributed by atoms with Crippen LogP contribution < -0.4 is 19.1 Å². The number of carbonyl (C=O) groups is 1. The zero-order chi connectivity index (χ0) is 22.1. The lowest BCUT2D eigenvalue weighted by Gasteiger charge is -2.21. The van der Waals surface area contributed by atoms with Gasteiger partial charge >= 0.3 is 0 Å². The Hall–Kier alpha value is -3.70. The van der Waals surface area contributed by atoms with Gasteiger partial charge in [-0.3, -0.25) is 9.69 Å². The second-order valence-corrected chi connectivity index (χ2v) is 7.75. The van der Waals surface area contributed by atoms with E-state index in [9.17, 15) is 4.79 Å². The van der Waals surface area contributed by atoms with Gasteiger partial charge in [-0.2, -0.15) is 0 Å². The minimum atomic E-state index is -0.122. The Morgan fingerprint density at radius 1 is 1.00 bits per heavy atom. The predicted octanol–water partition coefficient (Wildman–Crippen LogP) is 5.94. The summed E-state index contributed by atoms with van der Waals surface area (Å²) in [6, 6.07) is 20.6. The number of hydrogen-bond donors (Lipinski definition) is 0. The van der Waals surface area contributed by atoms with E-state index in [2.05, 4.69) is 0 Å². The molecule has 2 heterocycles. The standard InChI is InChI=1S/C26H20ClNO4/c1-2-30-22-10-3-17(4-11-22)13-19-14-23(18-5-7-20(27)8-6-18)28(26(19)29)21-9-12-24-25(15-21)32-16-31-24/h3-15H,2,16H2,1H3/b19-13-. The van der Waals surface area contributed by atoms with Crippen LogP contribution in [0.3, 0.4) is 0 Å². The maximum atomic E-state index is 13.5. The molecule has 0 saturated heterocycles. The predicted molar refractivity (Wildman–Crippen MR) is 125 cm³/mol. The molecule has 3 aromatic rings. The van der Waals surface area contributed by atoms with Gasteiger partial charge in [-0.05, 0) is 66.6 Å². The first-order valence-corrected chi connectivity index (χ1v) is 10.7. The van der Waals surface area contributed by atoms with Crippen molar-refractivity contribution in [2.45, 2.75) is 6.92 Å². The van der Waals surface area contributed by atoms with Crippen LogP contribution in [0.4, 0.5) is 5.69 Å². The molecular formula is C26H20ClNO4. The number of rotatable bonds is 5. The fourth-order valence-corrected chi connectivity index (χ4v) is 3.86. The van der Waals surface area contributed by atoms with Crippen molar-refractivity contribution >= 4 is 35.0 Å². The van der Waals surface area contributed by atoms with E-state index in [-0.39, 0.29) is 12.7 Å². The van der Waals surface area contributed by atoms with Crippen molar-refractivity contribution < 1.29 is 19.0 Å². The first-order chi connectivity index (χ1) is 15.6. The molecule has 2 aliphatic rings. The monoisotopic (exact) mass is 445 g/mol. The van der Waals surface area contributed by atoms with Gasteiger partial charge in [0.15, 0.2) is 11.5 Å². The van der Waals surface area contributed by atoms with Gasteiger partial charge in [0, 0.05) is 16.7 Å². The van der Waals surface area contributed by atoms with E-state index in [4.69, 9.17) is 25.8 Å². The molecular weight excluding hydrogens is 426 g/mol. The summed E-state index contributed by atoms with van der Waals surface area (Å²) in [5.41, 5.74) is 3.85. The molecule has 6 heteroatoms. The molecule has 0 fully saturated rings. The molecule has 1 amide bonds. The molecule has 5 nitrogen and oxygen atoms in total. The Labute approximate surface area is 191 Å². The van der Waals surface area contributed by atoms with Crippen LogP contribution in [0, 0.1) is 0 Å². The Bertz CT molecular complexity index is 1230. The van der Waals surface area contributed by atoms with E-state index in [1.165, 1.54) is 0 Å². The Morgan fingerprint density at radius 2 is 1.75 bits per heavy atom. The highest BCUT2D eigenvalue weighted by Crippen LogP contribution is 2.41. The van der Waals surface area contributed by atoms with Crippen molar-refractivity contribution in [2.75, 3.05) is 18.3 Å². The topological polar surface area (TPSA) is 48.0 Å². The molecule has 0 atom stereocenters. The van der Waals surface area contributed by atoms with Crippen molar-refractivity contribution in [3.8, 4) is 17.2 Å². The van der Waals surface area contributed by atoms with Gasteiger partial charge in [0.25, 0.3) is 5.91 Å². The largest absolute Gasteiger partial charge is 0.494 e. The maximum Gasteiger partial charge on any atom is 0.262 e. The lowest BCUT2D eigenvalue weighted by molar-refractivity contribution is -0.113. The third-order valence-corrected chi connectivity index (χ3v) is 5.50. The zero-order valence-electron chi connectivity index (χ0n) is 17.4. The first kappa shape index (κ1) is 20.2. The summed E-state index contributed by atoms with van der Waals surface area (Å²) in [6.45, 7) is 2.73. The molecule has 5 rings (SSSR count). The zero-order valence-corrected chi connectivity index (χ0v) is 18.1. The average molecular weight is 446 g/mol. The van der Waals surface area contributed by atoms with Gasteiger partial charge in [0.05, 0.1) is 18.0 Å². The minimum absolute atomic E-state index is 0.122. The molecule has 0 aliphatic carbocycles. The summed E-state index contributed by atoms with van der Waals surface area (Å²) in [5, 5.41) is 0.637. The summed E-state index contributed by atoms with van der Waals surface area (Å²) in [4.78, 5) is 15.2. The molecule has 2 aliphatic heterocycles. The fourth-order valence-electron chi connectivity index (χ4n) is 3.74. The minimum Gasteiger partial charge on any atom is -0.494 e. The number of amides is 1. The molecule has 0 saturated carbocycles. The first-order valence-electron chi connectivity index (χ1n) is 10.3. The second-order valence-electron chi connectivity index (χ2n) is 7.32. The normalized spacial score (nSPS) is 15.9. The molecule has 0 N–H and O–H groups in total. The van der Waals surface area contributed by atoms with Crippen LogP contribution in [0.2, 0.25) is 5.02 Å². The molecule has 32 heavy (non-hydrogen) atoms. The van der Waals surface area contributed by atoms with E-state index in [0.29, 0.717) is 34.4 Å². The van der Waals surface area contributed by atoms with Gasteiger partial charge in [0.1, 0.15) is 5.75 Å². The number of fused-ring (bicyclic) bond motifs is 1. The fraction of sp³-hybridized carbons (Fsp3) is 0.115. The second kappa shape index (κ2) is 8.44. The molecule has 0 bridgehead atoms. The summed E-state index contributed by atoms with van der Waals surface area (Å²) >= 11 is 6.08. The van der Waals surface area contributed by atoms with E-state index in [1.54, 1.807) is 4.90 Å². The number of carbonyl (C=O) groups excluding carboxylic acids is 1. The summed E-state index contributed by atoms with van der Waals surface area (Å²) < 4.78 is 16.4. The lowest BCUT2D eigenvalue weighted by Crippen LogP contribution is -2.24. The van der Waals surface area contributed by atoms with Crippen molar-refractivity contribution in [2.24, 2.45) is 0 Å². The van der Waals surface area contributed by atoms with Crippen molar-refractivity contribution in [3.05, 3.63) is 94.5 Å². The molecule has 0 spiro atoms.